The molecule has 2 saturated heterocycles. The van der Waals surface area contributed by atoms with Crippen molar-refractivity contribution in [2.75, 3.05) is 51.3 Å². The van der Waals surface area contributed by atoms with E-state index in [-0.39, 0.29) is 0 Å². The maximum Gasteiger partial charge on any atom is 0.0472 e. The molecule has 0 saturated carbocycles. The fourth-order valence-electron chi connectivity index (χ4n) is 3.30. The highest BCUT2D eigenvalue weighted by atomic mass is 79.9. The van der Waals surface area contributed by atoms with Crippen LogP contribution >= 0.6 is 15.9 Å². The normalized spacial score (nSPS) is 30.5. The molecule has 3 nitrogen and oxygen atoms in total. The standard InChI is InChI=1S/C14H27BrN2O/c1-3-17-7-6-16(10-13(17)2)12-14(11-15)4-8-18-9-5-14/h13H,3-12H2,1-2H3. The highest BCUT2D eigenvalue weighted by Gasteiger charge is 2.35. The van der Waals surface area contributed by atoms with Gasteiger partial charge in [0.2, 0.25) is 0 Å². The fourth-order valence-corrected chi connectivity index (χ4v) is 4.03. The molecule has 18 heavy (non-hydrogen) atoms. The number of piperazine rings is 1. The summed E-state index contributed by atoms with van der Waals surface area (Å²) in [5, 5.41) is 1.12. The van der Waals surface area contributed by atoms with Crippen molar-refractivity contribution in [3.63, 3.8) is 0 Å². The second-order valence-corrected chi connectivity index (χ2v) is 6.52. The average Bonchev–Trinajstić information content (AvgIpc) is 2.40. The Morgan fingerprint density at radius 2 is 2.00 bits per heavy atom. The average molecular weight is 319 g/mol. The van der Waals surface area contributed by atoms with Gasteiger partial charge in [0, 0.05) is 50.8 Å². The van der Waals surface area contributed by atoms with E-state index in [2.05, 4.69) is 39.6 Å². The van der Waals surface area contributed by atoms with E-state index in [4.69, 9.17) is 4.74 Å². The lowest BCUT2D eigenvalue weighted by Gasteiger charge is -2.45. The molecule has 0 radical (unpaired) electrons. The molecule has 0 amide bonds. The van der Waals surface area contributed by atoms with E-state index in [0.29, 0.717) is 11.5 Å². The van der Waals surface area contributed by atoms with Gasteiger partial charge >= 0.3 is 0 Å². The van der Waals surface area contributed by atoms with Gasteiger partial charge in [-0.15, -0.1) is 0 Å². The lowest BCUT2D eigenvalue weighted by molar-refractivity contribution is -0.00736. The number of hydrogen-bond donors (Lipinski definition) is 0. The number of hydrogen-bond acceptors (Lipinski definition) is 3. The van der Waals surface area contributed by atoms with Crippen molar-refractivity contribution < 1.29 is 4.74 Å². The van der Waals surface area contributed by atoms with E-state index in [0.717, 1.165) is 18.5 Å². The highest BCUT2D eigenvalue weighted by molar-refractivity contribution is 9.09. The van der Waals surface area contributed by atoms with Crippen LogP contribution in [0.1, 0.15) is 26.7 Å². The maximum absolute atomic E-state index is 5.52. The maximum atomic E-state index is 5.52. The van der Waals surface area contributed by atoms with Gasteiger partial charge in [-0.25, -0.2) is 0 Å². The van der Waals surface area contributed by atoms with Crippen molar-refractivity contribution in [2.45, 2.75) is 32.7 Å². The lowest BCUT2D eigenvalue weighted by Crippen LogP contribution is -2.54. The molecule has 0 N–H and O–H groups in total. The first-order chi connectivity index (χ1) is 8.69. The fraction of sp³-hybridized carbons (Fsp3) is 1.00. The first-order valence-corrected chi connectivity index (χ1v) is 8.41. The van der Waals surface area contributed by atoms with Gasteiger partial charge < -0.3 is 4.74 Å². The zero-order valence-corrected chi connectivity index (χ0v) is 13.4. The van der Waals surface area contributed by atoms with Crippen molar-refractivity contribution in [1.82, 2.24) is 9.80 Å². The van der Waals surface area contributed by atoms with E-state index in [1.165, 1.54) is 45.6 Å². The lowest BCUT2D eigenvalue weighted by atomic mass is 9.81. The van der Waals surface area contributed by atoms with Crippen LogP contribution in [0.25, 0.3) is 0 Å². The Morgan fingerprint density at radius 3 is 2.56 bits per heavy atom. The molecule has 2 aliphatic heterocycles. The smallest absolute Gasteiger partial charge is 0.0472 e. The number of alkyl halides is 1. The monoisotopic (exact) mass is 318 g/mol. The Hall–Kier alpha value is 0.360. The number of halogens is 1. The topological polar surface area (TPSA) is 15.7 Å². The van der Waals surface area contributed by atoms with Crippen molar-refractivity contribution >= 4 is 15.9 Å². The zero-order chi connectivity index (χ0) is 13.0. The quantitative estimate of drug-likeness (QED) is 0.739. The van der Waals surface area contributed by atoms with E-state index >= 15 is 0 Å². The summed E-state index contributed by atoms with van der Waals surface area (Å²) in [5.41, 5.74) is 0.451. The molecule has 0 aromatic carbocycles. The predicted molar refractivity (Wildman–Crippen MR) is 79.4 cm³/mol. The Kier molecular flexibility index (Phi) is 5.48. The van der Waals surface area contributed by atoms with Gasteiger partial charge in [0.25, 0.3) is 0 Å². The molecule has 0 aromatic rings. The first kappa shape index (κ1) is 14.8. The first-order valence-electron chi connectivity index (χ1n) is 7.29. The molecule has 1 unspecified atom stereocenters. The van der Waals surface area contributed by atoms with Crippen LogP contribution in [-0.4, -0.2) is 67.1 Å². The van der Waals surface area contributed by atoms with Gasteiger partial charge in [0.1, 0.15) is 0 Å². The van der Waals surface area contributed by atoms with Crippen LogP contribution in [0.15, 0.2) is 0 Å². The van der Waals surface area contributed by atoms with Crippen LogP contribution in [0.2, 0.25) is 0 Å². The second-order valence-electron chi connectivity index (χ2n) is 5.96. The summed E-state index contributed by atoms with van der Waals surface area (Å²) in [6, 6.07) is 0.705. The van der Waals surface area contributed by atoms with Crippen molar-refractivity contribution in [3.8, 4) is 0 Å². The molecular weight excluding hydrogens is 292 g/mol. The van der Waals surface area contributed by atoms with E-state index in [9.17, 15) is 0 Å². The van der Waals surface area contributed by atoms with Gasteiger partial charge in [-0.1, -0.05) is 22.9 Å². The third-order valence-electron chi connectivity index (χ3n) is 4.65. The predicted octanol–water partition coefficient (Wildman–Crippen LogP) is 2.20. The van der Waals surface area contributed by atoms with E-state index in [1.807, 2.05) is 0 Å². The Balaban J connectivity index is 1.88. The summed E-state index contributed by atoms with van der Waals surface area (Å²) in [5.74, 6) is 0. The second kappa shape index (κ2) is 6.69. The molecule has 2 fully saturated rings. The van der Waals surface area contributed by atoms with E-state index in [1.54, 1.807) is 0 Å². The highest BCUT2D eigenvalue weighted by Crippen LogP contribution is 2.34. The van der Waals surface area contributed by atoms with Gasteiger partial charge in [-0.05, 0) is 31.7 Å². The Bertz CT molecular complexity index is 256. The van der Waals surface area contributed by atoms with Gasteiger partial charge in [0.15, 0.2) is 0 Å². The summed E-state index contributed by atoms with van der Waals surface area (Å²) in [6.45, 7) is 12.6. The van der Waals surface area contributed by atoms with Crippen LogP contribution < -0.4 is 0 Å². The van der Waals surface area contributed by atoms with Crippen LogP contribution in [0.3, 0.4) is 0 Å². The Labute approximate surface area is 120 Å². The molecule has 106 valence electrons. The van der Waals surface area contributed by atoms with E-state index < -0.39 is 0 Å². The molecule has 2 rings (SSSR count). The molecule has 2 aliphatic rings. The zero-order valence-electron chi connectivity index (χ0n) is 11.8. The molecule has 4 heteroatoms. The number of likely N-dealkylation sites (N-methyl/N-ethyl adjacent to an activating group) is 1. The van der Waals surface area contributed by atoms with Crippen molar-refractivity contribution in [2.24, 2.45) is 5.41 Å². The minimum atomic E-state index is 0.451. The minimum Gasteiger partial charge on any atom is -0.381 e. The largest absolute Gasteiger partial charge is 0.381 e. The van der Waals surface area contributed by atoms with Crippen molar-refractivity contribution in [3.05, 3.63) is 0 Å². The Morgan fingerprint density at radius 1 is 1.28 bits per heavy atom. The molecule has 2 heterocycles. The molecule has 0 aromatic heterocycles. The summed E-state index contributed by atoms with van der Waals surface area (Å²) >= 11 is 3.74. The number of nitrogens with zero attached hydrogens (tertiary/aromatic N) is 2. The number of ether oxygens (including phenoxy) is 1. The van der Waals surface area contributed by atoms with Crippen molar-refractivity contribution in [1.29, 1.82) is 0 Å². The third kappa shape index (κ3) is 3.47. The summed E-state index contributed by atoms with van der Waals surface area (Å²) < 4.78 is 5.52. The van der Waals surface area contributed by atoms with Crippen LogP contribution in [0, 0.1) is 5.41 Å². The summed E-state index contributed by atoms with van der Waals surface area (Å²) in [4.78, 5) is 5.25. The summed E-state index contributed by atoms with van der Waals surface area (Å²) in [6.07, 6.45) is 2.42. The molecule has 0 spiro atoms. The van der Waals surface area contributed by atoms with Gasteiger partial charge in [0.05, 0.1) is 0 Å². The molecular formula is C14H27BrN2O. The minimum absolute atomic E-state index is 0.451. The summed E-state index contributed by atoms with van der Waals surface area (Å²) in [7, 11) is 0. The van der Waals surface area contributed by atoms with Gasteiger partial charge in [-0.3, -0.25) is 9.80 Å². The number of rotatable bonds is 4. The van der Waals surface area contributed by atoms with Crippen LogP contribution in [-0.2, 0) is 4.74 Å². The third-order valence-corrected chi connectivity index (χ3v) is 5.84. The van der Waals surface area contributed by atoms with Gasteiger partial charge in [-0.2, -0.15) is 0 Å². The molecule has 1 atom stereocenters. The molecule has 0 bridgehead atoms. The van der Waals surface area contributed by atoms with Crippen LogP contribution in [0.5, 0.6) is 0 Å². The molecule has 0 aliphatic carbocycles. The van der Waals surface area contributed by atoms with Crippen LogP contribution in [0.4, 0.5) is 0 Å². The SMILES string of the molecule is CCN1CCN(CC2(CBr)CCOCC2)CC1C.